The molecule has 1 heterocycles. The molecule has 0 radical (unpaired) electrons. The van der Waals surface area contributed by atoms with Gasteiger partial charge < -0.3 is 4.90 Å². The molecule has 13 heavy (non-hydrogen) atoms. The van der Waals surface area contributed by atoms with Crippen molar-refractivity contribution in [2.24, 2.45) is 0 Å². The third-order valence-corrected chi connectivity index (χ3v) is 6.96. The van der Waals surface area contributed by atoms with Gasteiger partial charge in [-0.2, -0.15) is 0 Å². The molecule has 1 fully saturated rings. The molecular weight excluding hydrogens is 174 g/mol. The summed E-state index contributed by atoms with van der Waals surface area (Å²) in [4.78, 5) is 2.75. The highest BCUT2D eigenvalue weighted by Gasteiger charge is 2.34. The summed E-state index contributed by atoms with van der Waals surface area (Å²) >= 11 is 0. The van der Waals surface area contributed by atoms with Gasteiger partial charge >= 0.3 is 0 Å². The van der Waals surface area contributed by atoms with Crippen LogP contribution in [0.5, 0.6) is 0 Å². The van der Waals surface area contributed by atoms with Crippen molar-refractivity contribution in [1.29, 1.82) is 0 Å². The monoisotopic (exact) mass is 199 g/mol. The molecule has 78 valence electrons. The lowest BCUT2D eigenvalue weighted by molar-refractivity contribution is 0.149. The van der Waals surface area contributed by atoms with Crippen LogP contribution in [0.4, 0.5) is 0 Å². The van der Waals surface area contributed by atoms with Gasteiger partial charge in [-0.05, 0) is 25.9 Å². The van der Waals surface area contributed by atoms with E-state index < -0.39 is 0 Å². The van der Waals surface area contributed by atoms with Crippen LogP contribution in [-0.4, -0.2) is 32.7 Å². The summed E-state index contributed by atoms with van der Waals surface area (Å²) in [5.74, 6) is 0. The molecule has 2 heteroatoms. The zero-order valence-electron chi connectivity index (χ0n) is 9.60. The lowest BCUT2D eigenvalue weighted by Gasteiger charge is -2.45. The van der Waals surface area contributed by atoms with Crippen molar-refractivity contribution in [3.8, 4) is 0 Å². The van der Waals surface area contributed by atoms with Crippen molar-refractivity contribution in [2.75, 3.05) is 13.1 Å². The molecule has 1 aliphatic heterocycles. The zero-order valence-corrected chi connectivity index (χ0v) is 11.0. The number of nitrogens with zero attached hydrogens (tertiary/aromatic N) is 1. The van der Waals surface area contributed by atoms with Crippen LogP contribution in [0.2, 0.25) is 6.04 Å². The normalized spacial score (nSPS) is 31.4. The van der Waals surface area contributed by atoms with Crippen molar-refractivity contribution in [1.82, 2.24) is 4.90 Å². The predicted molar refractivity (Wildman–Crippen MR) is 63.1 cm³/mol. The van der Waals surface area contributed by atoms with Crippen molar-refractivity contribution in [3.63, 3.8) is 0 Å². The summed E-state index contributed by atoms with van der Waals surface area (Å²) in [6.07, 6.45) is 5.91. The summed E-state index contributed by atoms with van der Waals surface area (Å²) in [5, 5.41) is 0.710. The largest absolute Gasteiger partial charge is 0.301 e. The van der Waals surface area contributed by atoms with Crippen LogP contribution in [0.3, 0.4) is 0 Å². The molecule has 1 nitrogen and oxygen atoms in total. The lowest BCUT2D eigenvalue weighted by atomic mass is 10.0. The first kappa shape index (κ1) is 11.3. The second-order valence-electron chi connectivity index (χ2n) is 4.31. The van der Waals surface area contributed by atoms with Crippen LogP contribution in [0, 0.1) is 0 Å². The minimum Gasteiger partial charge on any atom is -0.301 e. The fourth-order valence-corrected chi connectivity index (χ4v) is 5.88. The van der Waals surface area contributed by atoms with Crippen LogP contribution >= 0.6 is 0 Å². The summed E-state index contributed by atoms with van der Waals surface area (Å²) in [6, 6.07) is 1.59. The molecular formula is C11H25NSi. The average molecular weight is 199 g/mol. The van der Waals surface area contributed by atoms with E-state index in [1.807, 2.05) is 0 Å². The number of rotatable bonds is 4. The first-order valence-electron chi connectivity index (χ1n) is 6.04. The molecule has 0 aromatic heterocycles. The molecule has 1 aliphatic rings. The van der Waals surface area contributed by atoms with Crippen molar-refractivity contribution in [2.45, 2.75) is 57.7 Å². The fraction of sp³-hybridized carbons (Fsp3) is 1.00. The summed E-state index contributed by atoms with van der Waals surface area (Å²) < 4.78 is 0. The third-order valence-electron chi connectivity index (χ3n) is 3.88. The molecule has 1 unspecified atom stereocenters. The van der Waals surface area contributed by atoms with Gasteiger partial charge in [0, 0.05) is 14.7 Å². The fourth-order valence-electron chi connectivity index (χ4n) is 3.00. The van der Waals surface area contributed by atoms with E-state index >= 15 is 0 Å². The molecule has 0 saturated carbocycles. The molecule has 0 N–H and O–H groups in total. The number of hydrogen-bond acceptors (Lipinski definition) is 1. The second-order valence-corrected chi connectivity index (χ2v) is 6.83. The lowest BCUT2D eigenvalue weighted by Crippen LogP contribution is -2.54. The van der Waals surface area contributed by atoms with Crippen LogP contribution in [0.1, 0.15) is 46.5 Å². The molecule has 1 rings (SSSR count). The van der Waals surface area contributed by atoms with Gasteiger partial charge in [0.1, 0.15) is 0 Å². The summed E-state index contributed by atoms with van der Waals surface area (Å²) in [6.45, 7) is 9.57. The van der Waals surface area contributed by atoms with Gasteiger partial charge in [-0.1, -0.05) is 39.7 Å². The molecule has 0 bridgehead atoms. The quantitative estimate of drug-likeness (QED) is 0.628. The molecule has 1 atom stereocenters. The molecule has 0 aliphatic carbocycles. The van der Waals surface area contributed by atoms with Crippen molar-refractivity contribution in [3.05, 3.63) is 0 Å². The predicted octanol–water partition coefficient (Wildman–Crippen LogP) is 2.21. The smallest absolute Gasteiger partial charge is 0.0447 e. The van der Waals surface area contributed by atoms with Crippen molar-refractivity contribution >= 4 is 9.52 Å². The van der Waals surface area contributed by atoms with E-state index in [1.165, 1.54) is 38.8 Å². The van der Waals surface area contributed by atoms with E-state index in [0.29, 0.717) is 5.16 Å². The number of hydrogen-bond donors (Lipinski definition) is 0. The molecule has 0 aromatic rings. The van der Waals surface area contributed by atoms with Gasteiger partial charge in [0.15, 0.2) is 0 Å². The molecule has 0 amide bonds. The molecule has 0 aromatic carbocycles. The van der Waals surface area contributed by atoms with E-state index in [0.717, 1.165) is 0 Å². The SMILES string of the molecule is CCN(CC)C1(CC)CCCC[SiH2]1. The Morgan fingerprint density at radius 2 is 1.85 bits per heavy atom. The highest BCUT2D eigenvalue weighted by molar-refractivity contribution is 6.40. The Hall–Kier alpha value is 0.177. The highest BCUT2D eigenvalue weighted by atomic mass is 28.2. The van der Waals surface area contributed by atoms with Gasteiger partial charge in [0.25, 0.3) is 0 Å². The van der Waals surface area contributed by atoms with Gasteiger partial charge in [-0.25, -0.2) is 0 Å². The maximum Gasteiger partial charge on any atom is 0.0447 e. The summed E-state index contributed by atoms with van der Waals surface area (Å²) in [7, 11) is 0.172. The van der Waals surface area contributed by atoms with E-state index in [1.54, 1.807) is 6.04 Å². The first-order valence-corrected chi connectivity index (χ1v) is 7.75. The third kappa shape index (κ3) is 2.35. The van der Waals surface area contributed by atoms with Crippen LogP contribution in [0.25, 0.3) is 0 Å². The Bertz CT molecular complexity index is 137. The van der Waals surface area contributed by atoms with Crippen LogP contribution in [0.15, 0.2) is 0 Å². The first-order chi connectivity index (χ1) is 6.29. The Morgan fingerprint density at radius 3 is 2.23 bits per heavy atom. The van der Waals surface area contributed by atoms with Crippen molar-refractivity contribution < 1.29 is 0 Å². The van der Waals surface area contributed by atoms with E-state index in [-0.39, 0.29) is 9.52 Å². The molecule has 1 saturated heterocycles. The van der Waals surface area contributed by atoms with E-state index in [9.17, 15) is 0 Å². The Labute approximate surface area is 85.7 Å². The zero-order chi connectivity index (χ0) is 9.73. The second kappa shape index (κ2) is 5.16. The minimum atomic E-state index is 0.172. The van der Waals surface area contributed by atoms with Crippen LogP contribution < -0.4 is 0 Å². The summed E-state index contributed by atoms with van der Waals surface area (Å²) in [5.41, 5.74) is 0. The molecule has 0 spiro atoms. The van der Waals surface area contributed by atoms with E-state index in [4.69, 9.17) is 0 Å². The van der Waals surface area contributed by atoms with Gasteiger partial charge in [-0.3, -0.25) is 0 Å². The Morgan fingerprint density at radius 1 is 1.15 bits per heavy atom. The Balaban J connectivity index is 2.64. The van der Waals surface area contributed by atoms with Gasteiger partial charge in [0.05, 0.1) is 0 Å². The maximum atomic E-state index is 2.75. The topological polar surface area (TPSA) is 3.24 Å². The standard InChI is InChI=1S/C11H25NSi/c1-4-11(12(5-2)6-3)9-7-8-10-13-11/h4-10,13H2,1-3H3. The van der Waals surface area contributed by atoms with E-state index in [2.05, 4.69) is 25.7 Å². The van der Waals surface area contributed by atoms with Crippen LogP contribution in [-0.2, 0) is 0 Å². The van der Waals surface area contributed by atoms with Gasteiger partial charge in [0.2, 0.25) is 0 Å². The Kier molecular flexibility index (Phi) is 4.46. The highest BCUT2D eigenvalue weighted by Crippen LogP contribution is 2.30. The maximum absolute atomic E-state index is 2.75. The minimum absolute atomic E-state index is 0.172. The van der Waals surface area contributed by atoms with Gasteiger partial charge in [-0.15, -0.1) is 0 Å². The average Bonchev–Trinajstić information content (AvgIpc) is 2.21.